The quantitative estimate of drug-likeness (QED) is 0.833. The van der Waals surface area contributed by atoms with Crippen LogP contribution in [0, 0.1) is 11.6 Å². The molecule has 106 valence electrons. The molecule has 2 rings (SSSR count). The summed E-state index contributed by atoms with van der Waals surface area (Å²) >= 11 is 5.51. The second kappa shape index (κ2) is 6.64. The highest BCUT2D eigenvalue weighted by atomic mass is 35.5. The molecule has 5 heteroatoms. The third kappa shape index (κ3) is 3.88. The van der Waals surface area contributed by atoms with Crippen LogP contribution in [0.4, 0.5) is 8.78 Å². The average Bonchev–Trinajstić information content (AvgIpc) is 2.86. The lowest BCUT2D eigenvalue weighted by molar-refractivity contribution is 0.101. The Bertz CT molecular complexity index is 436. The van der Waals surface area contributed by atoms with E-state index in [1.54, 1.807) is 0 Å². The van der Waals surface area contributed by atoms with Gasteiger partial charge in [0, 0.05) is 18.2 Å². The zero-order valence-corrected chi connectivity index (χ0v) is 11.4. The number of ether oxygens (including phenoxy) is 1. The number of rotatable bonds is 5. The Labute approximate surface area is 116 Å². The number of hydrogen-bond donors (Lipinski definition) is 1. The minimum absolute atomic E-state index is 0.189. The van der Waals surface area contributed by atoms with Gasteiger partial charge in [-0.05, 0) is 44.2 Å². The summed E-state index contributed by atoms with van der Waals surface area (Å²) in [5.41, 5.74) is 6.10. The fourth-order valence-corrected chi connectivity index (χ4v) is 2.57. The van der Waals surface area contributed by atoms with Gasteiger partial charge in [-0.3, -0.25) is 0 Å². The maximum Gasteiger partial charge on any atom is 0.142 e. The zero-order chi connectivity index (χ0) is 13.8. The summed E-state index contributed by atoms with van der Waals surface area (Å²) in [6.07, 6.45) is 4.87. The van der Waals surface area contributed by atoms with E-state index in [0.29, 0.717) is 12.5 Å². The molecule has 19 heavy (non-hydrogen) atoms. The van der Waals surface area contributed by atoms with Crippen LogP contribution < -0.4 is 5.73 Å². The Balaban J connectivity index is 1.88. The van der Waals surface area contributed by atoms with Crippen molar-refractivity contribution in [3.05, 3.63) is 34.4 Å². The summed E-state index contributed by atoms with van der Waals surface area (Å²) in [6, 6.07) is 1.56. The molecule has 0 amide bonds. The summed E-state index contributed by atoms with van der Waals surface area (Å²) in [5, 5.41) is -0.215. The fourth-order valence-electron chi connectivity index (χ4n) is 2.42. The molecular formula is C14H18ClF2NO. The lowest BCUT2D eigenvalue weighted by Gasteiger charge is -2.15. The third-order valence-corrected chi connectivity index (χ3v) is 3.79. The van der Waals surface area contributed by atoms with Crippen LogP contribution in [0.5, 0.6) is 0 Å². The Morgan fingerprint density at radius 1 is 1.37 bits per heavy atom. The highest BCUT2D eigenvalue weighted by Crippen LogP contribution is 2.26. The molecule has 0 radical (unpaired) electrons. The minimum Gasteiger partial charge on any atom is -0.378 e. The number of benzene rings is 1. The van der Waals surface area contributed by atoms with Gasteiger partial charge in [-0.25, -0.2) is 8.78 Å². The van der Waals surface area contributed by atoms with Crippen LogP contribution in [0.15, 0.2) is 12.1 Å². The average molecular weight is 290 g/mol. The predicted octanol–water partition coefficient (Wildman–Crippen LogP) is 3.97. The number of hydrogen-bond acceptors (Lipinski definition) is 2. The molecule has 1 aromatic rings. The van der Waals surface area contributed by atoms with E-state index >= 15 is 0 Å². The van der Waals surface area contributed by atoms with Crippen LogP contribution in [-0.2, 0) is 4.74 Å². The van der Waals surface area contributed by atoms with Gasteiger partial charge in [0.25, 0.3) is 0 Å². The van der Waals surface area contributed by atoms with Gasteiger partial charge in [0.1, 0.15) is 11.6 Å². The molecule has 1 aliphatic heterocycles. The monoisotopic (exact) mass is 289 g/mol. The van der Waals surface area contributed by atoms with Gasteiger partial charge in [0.05, 0.1) is 11.1 Å². The van der Waals surface area contributed by atoms with E-state index in [1.165, 1.54) is 0 Å². The maximum atomic E-state index is 13.7. The molecule has 0 aromatic heterocycles. The third-order valence-electron chi connectivity index (χ3n) is 3.50. The molecule has 1 aromatic carbocycles. The van der Waals surface area contributed by atoms with Gasteiger partial charge in [-0.1, -0.05) is 11.6 Å². The van der Waals surface area contributed by atoms with Gasteiger partial charge < -0.3 is 10.5 Å². The van der Waals surface area contributed by atoms with Crippen LogP contribution in [-0.4, -0.2) is 12.7 Å². The fraction of sp³-hybridized carbons (Fsp3) is 0.571. The van der Waals surface area contributed by atoms with Crippen molar-refractivity contribution in [2.24, 2.45) is 5.73 Å². The molecule has 2 atom stereocenters. The first-order chi connectivity index (χ1) is 9.08. The molecule has 1 aliphatic rings. The first kappa shape index (κ1) is 14.7. The Morgan fingerprint density at radius 2 is 2.16 bits per heavy atom. The lowest BCUT2D eigenvalue weighted by atomic mass is 9.99. The molecule has 2 unspecified atom stereocenters. The van der Waals surface area contributed by atoms with E-state index in [4.69, 9.17) is 22.1 Å². The zero-order valence-electron chi connectivity index (χ0n) is 10.7. The SMILES string of the molecule is NC(CCCC1CCCO1)c1cc(F)c(Cl)cc1F. The van der Waals surface area contributed by atoms with Crippen molar-refractivity contribution < 1.29 is 13.5 Å². The summed E-state index contributed by atoms with van der Waals surface area (Å²) < 4.78 is 32.5. The first-order valence-electron chi connectivity index (χ1n) is 6.59. The van der Waals surface area contributed by atoms with Crippen LogP contribution in [0.3, 0.4) is 0 Å². The summed E-state index contributed by atoms with van der Waals surface area (Å²) in [5.74, 6) is -1.18. The van der Waals surface area contributed by atoms with Crippen molar-refractivity contribution in [1.82, 2.24) is 0 Å². The van der Waals surface area contributed by atoms with E-state index in [2.05, 4.69) is 0 Å². The molecule has 0 spiro atoms. The maximum absolute atomic E-state index is 13.7. The highest BCUT2D eigenvalue weighted by molar-refractivity contribution is 6.30. The van der Waals surface area contributed by atoms with Gasteiger partial charge in [-0.15, -0.1) is 0 Å². The second-order valence-electron chi connectivity index (χ2n) is 4.96. The molecule has 1 heterocycles. The molecule has 1 saturated heterocycles. The van der Waals surface area contributed by atoms with Gasteiger partial charge in [-0.2, -0.15) is 0 Å². The Morgan fingerprint density at radius 3 is 2.84 bits per heavy atom. The molecule has 0 saturated carbocycles. The van der Waals surface area contributed by atoms with E-state index in [0.717, 1.165) is 44.4 Å². The van der Waals surface area contributed by atoms with E-state index in [9.17, 15) is 8.78 Å². The molecule has 0 aliphatic carbocycles. The molecule has 2 nitrogen and oxygen atoms in total. The van der Waals surface area contributed by atoms with Crippen LogP contribution in [0.1, 0.15) is 43.7 Å². The summed E-state index contributed by atoms with van der Waals surface area (Å²) in [7, 11) is 0. The van der Waals surface area contributed by atoms with Crippen molar-refractivity contribution in [2.75, 3.05) is 6.61 Å². The molecular weight excluding hydrogens is 272 g/mol. The van der Waals surface area contributed by atoms with E-state index in [-0.39, 0.29) is 10.6 Å². The van der Waals surface area contributed by atoms with Gasteiger partial charge >= 0.3 is 0 Å². The van der Waals surface area contributed by atoms with Crippen LogP contribution in [0.2, 0.25) is 5.02 Å². The number of nitrogens with two attached hydrogens (primary N) is 1. The molecule has 1 fully saturated rings. The van der Waals surface area contributed by atoms with Crippen LogP contribution >= 0.6 is 11.6 Å². The van der Waals surface area contributed by atoms with Crippen molar-refractivity contribution >= 4 is 11.6 Å². The predicted molar refractivity (Wildman–Crippen MR) is 71.1 cm³/mol. The van der Waals surface area contributed by atoms with Crippen molar-refractivity contribution in [2.45, 2.75) is 44.2 Å². The second-order valence-corrected chi connectivity index (χ2v) is 5.37. The summed E-state index contributed by atoms with van der Waals surface area (Å²) in [6.45, 7) is 0.827. The molecule has 0 bridgehead atoms. The van der Waals surface area contributed by atoms with E-state index in [1.807, 2.05) is 0 Å². The Kier molecular flexibility index (Phi) is 5.13. The van der Waals surface area contributed by atoms with Gasteiger partial charge in [0.2, 0.25) is 0 Å². The van der Waals surface area contributed by atoms with Crippen molar-refractivity contribution in [3.8, 4) is 0 Å². The summed E-state index contributed by atoms with van der Waals surface area (Å²) in [4.78, 5) is 0. The molecule has 2 N–H and O–H groups in total. The standard InChI is InChI=1S/C14H18ClF2NO/c15-11-8-12(16)10(7-13(11)17)14(18)5-1-3-9-4-2-6-19-9/h7-9,14H,1-6,18H2. The van der Waals surface area contributed by atoms with E-state index < -0.39 is 17.7 Å². The Hall–Kier alpha value is -0.710. The normalized spacial score (nSPS) is 20.7. The van der Waals surface area contributed by atoms with Crippen molar-refractivity contribution in [1.29, 1.82) is 0 Å². The first-order valence-corrected chi connectivity index (χ1v) is 6.97. The minimum atomic E-state index is -0.632. The lowest BCUT2D eigenvalue weighted by Crippen LogP contribution is -2.14. The smallest absolute Gasteiger partial charge is 0.142 e. The highest BCUT2D eigenvalue weighted by Gasteiger charge is 2.18. The van der Waals surface area contributed by atoms with Crippen LogP contribution in [0.25, 0.3) is 0 Å². The topological polar surface area (TPSA) is 35.2 Å². The van der Waals surface area contributed by atoms with Gasteiger partial charge in [0.15, 0.2) is 0 Å². The van der Waals surface area contributed by atoms with Crippen molar-refractivity contribution in [3.63, 3.8) is 0 Å². The number of halogens is 3. The largest absolute Gasteiger partial charge is 0.378 e.